The van der Waals surface area contributed by atoms with Gasteiger partial charge in [0.1, 0.15) is 5.75 Å². The molecule has 0 radical (unpaired) electrons. The van der Waals surface area contributed by atoms with Gasteiger partial charge in [-0.2, -0.15) is 0 Å². The average molecular weight is 323 g/mol. The lowest BCUT2D eigenvalue weighted by Gasteiger charge is -2.56. The second-order valence-electron chi connectivity index (χ2n) is 7.25. The third kappa shape index (κ3) is 2.19. The summed E-state index contributed by atoms with van der Waals surface area (Å²) >= 11 is 0. The summed E-state index contributed by atoms with van der Waals surface area (Å²) in [6.07, 6.45) is 2.01. The molecule has 1 fully saturated rings. The van der Waals surface area contributed by atoms with Crippen LogP contribution in [0.1, 0.15) is 30.0 Å². The lowest BCUT2D eigenvalue weighted by molar-refractivity contribution is 0.0295. The smallest absolute Gasteiger partial charge is 0.115 e. The van der Waals surface area contributed by atoms with Gasteiger partial charge in [0.15, 0.2) is 0 Å². The number of likely N-dealkylation sites (tertiary alicyclic amines) is 1. The first-order valence-electron chi connectivity index (χ1n) is 8.89. The zero-order valence-electron chi connectivity index (χ0n) is 14.2. The Balaban J connectivity index is 1.91. The van der Waals surface area contributed by atoms with Crippen LogP contribution in [0.5, 0.6) is 5.75 Å². The number of phenolic OH excluding ortho intramolecular Hbond substituents is 1. The Labute approximate surface area is 143 Å². The summed E-state index contributed by atoms with van der Waals surface area (Å²) in [5, 5.41) is 19.6. The number of piperidine rings is 1. The minimum Gasteiger partial charge on any atom is -0.508 e. The van der Waals surface area contributed by atoms with Crippen LogP contribution in [0, 0.1) is 5.92 Å². The van der Waals surface area contributed by atoms with E-state index in [1.807, 2.05) is 6.07 Å². The molecule has 2 aromatic rings. The normalized spacial score (nSPS) is 29.2. The fourth-order valence-corrected chi connectivity index (χ4v) is 5.13. The van der Waals surface area contributed by atoms with Gasteiger partial charge in [0.25, 0.3) is 0 Å². The number of phenols is 1. The van der Waals surface area contributed by atoms with E-state index in [0.717, 1.165) is 25.9 Å². The molecule has 3 heteroatoms. The molecule has 2 aliphatic rings. The zero-order valence-corrected chi connectivity index (χ0v) is 14.2. The summed E-state index contributed by atoms with van der Waals surface area (Å²) in [5.74, 6) is 0.794. The summed E-state index contributed by atoms with van der Waals surface area (Å²) in [6.45, 7) is 4.28. The van der Waals surface area contributed by atoms with Gasteiger partial charge in [-0.05, 0) is 54.1 Å². The highest BCUT2D eigenvalue weighted by Crippen LogP contribution is 2.53. The van der Waals surface area contributed by atoms with E-state index >= 15 is 0 Å². The molecule has 2 N–H and O–H groups in total. The largest absolute Gasteiger partial charge is 0.508 e. The molecule has 1 heterocycles. The lowest BCUT2D eigenvalue weighted by Crippen LogP contribution is -2.59. The van der Waals surface area contributed by atoms with Crippen LogP contribution in [-0.2, 0) is 11.8 Å². The molecule has 0 saturated carbocycles. The van der Waals surface area contributed by atoms with Crippen LogP contribution in [0.25, 0.3) is 0 Å². The highest BCUT2D eigenvalue weighted by molar-refractivity contribution is 5.51. The monoisotopic (exact) mass is 323 g/mol. The predicted octanol–water partition coefficient (Wildman–Crippen LogP) is 2.94. The Morgan fingerprint density at radius 2 is 1.96 bits per heavy atom. The highest BCUT2D eigenvalue weighted by Gasteiger charge is 2.51. The van der Waals surface area contributed by atoms with Gasteiger partial charge in [-0.1, -0.05) is 43.3 Å². The van der Waals surface area contributed by atoms with E-state index in [1.165, 1.54) is 16.7 Å². The van der Waals surface area contributed by atoms with Crippen molar-refractivity contribution >= 4 is 0 Å². The van der Waals surface area contributed by atoms with E-state index in [4.69, 9.17) is 0 Å². The summed E-state index contributed by atoms with van der Waals surface area (Å²) in [7, 11) is 0. The SMILES string of the molecule is CC1C2Cc3ccc(O)cc3C1(c1ccccc1)CCN2CCO. The molecule has 2 bridgehead atoms. The second-order valence-corrected chi connectivity index (χ2v) is 7.25. The Hall–Kier alpha value is -1.84. The van der Waals surface area contributed by atoms with Gasteiger partial charge in [0, 0.05) is 18.0 Å². The van der Waals surface area contributed by atoms with Crippen molar-refractivity contribution in [1.29, 1.82) is 0 Å². The van der Waals surface area contributed by atoms with Crippen molar-refractivity contribution in [1.82, 2.24) is 4.90 Å². The van der Waals surface area contributed by atoms with Gasteiger partial charge in [-0.25, -0.2) is 0 Å². The number of fused-ring (bicyclic) bond motifs is 4. The van der Waals surface area contributed by atoms with Crippen LogP contribution < -0.4 is 0 Å². The first kappa shape index (κ1) is 15.7. The van der Waals surface area contributed by atoms with Crippen molar-refractivity contribution in [2.45, 2.75) is 31.2 Å². The molecule has 1 aliphatic heterocycles. The molecule has 3 nitrogen and oxygen atoms in total. The van der Waals surface area contributed by atoms with E-state index in [1.54, 1.807) is 6.07 Å². The molecule has 1 aliphatic carbocycles. The minimum absolute atomic E-state index is 0.0514. The van der Waals surface area contributed by atoms with Crippen molar-refractivity contribution in [3.05, 3.63) is 65.2 Å². The molecule has 0 spiro atoms. The second kappa shape index (κ2) is 5.91. The average Bonchev–Trinajstić information content (AvgIpc) is 2.60. The molecule has 0 amide bonds. The summed E-state index contributed by atoms with van der Waals surface area (Å²) in [6, 6.07) is 17.1. The zero-order chi connectivity index (χ0) is 16.7. The number of aromatic hydroxyl groups is 1. The maximum Gasteiger partial charge on any atom is 0.115 e. The Morgan fingerprint density at radius 3 is 2.71 bits per heavy atom. The van der Waals surface area contributed by atoms with Gasteiger partial charge in [-0.3, -0.25) is 4.90 Å². The molecular formula is C21H25NO2. The van der Waals surface area contributed by atoms with Crippen molar-refractivity contribution in [3.8, 4) is 5.75 Å². The van der Waals surface area contributed by atoms with Gasteiger partial charge in [-0.15, -0.1) is 0 Å². The maximum absolute atomic E-state index is 10.1. The minimum atomic E-state index is -0.0514. The van der Waals surface area contributed by atoms with Gasteiger partial charge >= 0.3 is 0 Å². The number of rotatable bonds is 3. The maximum atomic E-state index is 10.1. The predicted molar refractivity (Wildman–Crippen MR) is 95.3 cm³/mol. The molecule has 1 saturated heterocycles. The third-order valence-corrected chi connectivity index (χ3v) is 6.30. The van der Waals surface area contributed by atoms with Crippen LogP contribution in [0.2, 0.25) is 0 Å². The number of hydrogen-bond donors (Lipinski definition) is 2. The summed E-state index contributed by atoms with van der Waals surface area (Å²) in [4.78, 5) is 2.45. The van der Waals surface area contributed by atoms with E-state index in [-0.39, 0.29) is 12.0 Å². The Bertz CT molecular complexity index is 730. The van der Waals surface area contributed by atoms with E-state index in [0.29, 0.717) is 17.7 Å². The van der Waals surface area contributed by atoms with Crippen molar-refractivity contribution in [2.75, 3.05) is 19.7 Å². The van der Waals surface area contributed by atoms with Crippen LogP contribution in [-0.4, -0.2) is 40.9 Å². The number of aliphatic hydroxyl groups is 1. The molecule has 4 rings (SSSR count). The quantitative estimate of drug-likeness (QED) is 0.913. The van der Waals surface area contributed by atoms with Crippen LogP contribution >= 0.6 is 0 Å². The third-order valence-electron chi connectivity index (χ3n) is 6.30. The van der Waals surface area contributed by atoms with Gasteiger partial charge in [0.2, 0.25) is 0 Å². The van der Waals surface area contributed by atoms with E-state index in [2.05, 4.69) is 48.2 Å². The first-order chi connectivity index (χ1) is 11.7. The number of aliphatic hydroxyl groups excluding tert-OH is 1. The van der Waals surface area contributed by atoms with Gasteiger partial charge < -0.3 is 10.2 Å². The molecule has 126 valence electrons. The topological polar surface area (TPSA) is 43.7 Å². The number of β-amino-alcohol motifs (C(OH)–C–C–N with tert-alkyl or cyclic N) is 1. The highest BCUT2D eigenvalue weighted by atomic mass is 16.3. The van der Waals surface area contributed by atoms with E-state index < -0.39 is 0 Å². The van der Waals surface area contributed by atoms with Gasteiger partial charge in [0.05, 0.1) is 6.61 Å². The van der Waals surface area contributed by atoms with Crippen molar-refractivity contribution in [3.63, 3.8) is 0 Å². The molecule has 0 aromatic heterocycles. The summed E-state index contributed by atoms with van der Waals surface area (Å²) < 4.78 is 0. The lowest BCUT2D eigenvalue weighted by atomic mass is 9.55. The number of benzene rings is 2. The fourth-order valence-electron chi connectivity index (χ4n) is 5.13. The Kier molecular flexibility index (Phi) is 3.86. The van der Waals surface area contributed by atoms with Crippen molar-refractivity contribution < 1.29 is 10.2 Å². The van der Waals surface area contributed by atoms with Crippen LogP contribution in [0.3, 0.4) is 0 Å². The summed E-state index contributed by atoms with van der Waals surface area (Å²) in [5.41, 5.74) is 3.92. The van der Waals surface area contributed by atoms with Crippen molar-refractivity contribution in [2.24, 2.45) is 5.92 Å². The molecule has 3 unspecified atom stereocenters. The number of hydrogen-bond acceptors (Lipinski definition) is 3. The molecular weight excluding hydrogens is 298 g/mol. The standard InChI is InChI=1S/C21H25NO2/c1-15-20-13-16-7-8-18(24)14-19(16)21(15,9-10-22(20)11-12-23)17-5-3-2-4-6-17/h2-8,14-15,20,23-24H,9-13H2,1H3. The fraction of sp³-hybridized carbons (Fsp3) is 0.429. The van der Waals surface area contributed by atoms with E-state index in [9.17, 15) is 10.2 Å². The molecule has 3 atom stereocenters. The Morgan fingerprint density at radius 1 is 1.17 bits per heavy atom. The first-order valence-corrected chi connectivity index (χ1v) is 8.89. The molecule has 2 aromatic carbocycles. The van der Waals surface area contributed by atoms with Crippen LogP contribution in [0.4, 0.5) is 0 Å². The number of nitrogens with zero attached hydrogens (tertiary/aromatic N) is 1. The van der Waals surface area contributed by atoms with Crippen LogP contribution in [0.15, 0.2) is 48.5 Å². The molecule has 24 heavy (non-hydrogen) atoms.